The third kappa shape index (κ3) is 4.51. The van der Waals surface area contributed by atoms with Gasteiger partial charge >= 0.3 is 0 Å². The van der Waals surface area contributed by atoms with Gasteiger partial charge in [0.2, 0.25) is 0 Å². The van der Waals surface area contributed by atoms with Crippen molar-refractivity contribution in [2.45, 2.75) is 53.8 Å². The molecule has 0 aliphatic rings. The van der Waals surface area contributed by atoms with Crippen molar-refractivity contribution >= 4 is 0 Å². The van der Waals surface area contributed by atoms with Gasteiger partial charge in [0, 0.05) is 12.6 Å². The Kier molecular flexibility index (Phi) is 6.26. The van der Waals surface area contributed by atoms with Gasteiger partial charge in [-0.05, 0) is 44.4 Å². The number of aryl methyl sites for hydroxylation is 2. The van der Waals surface area contributed by atoms with Crippen LogP contribution in [0, 0.1) is 19.8 Å². The Balaban J connectivity index is 2.03. The summed E-state index contributed by atoms with van der Waals surface area (Å²) in [5.74, 6) is 2.84. The second-order valence-corrected chi connectivity index (χ2v) is 6.49. The zero-order chi connectivity index (χ0) is 17.7. The van der Waals surface area contributed by atoms with Crippen LogP contribution in [0.15, 0.2) is 22.7 Å². The van der Waals surface area contributed by atoms with Crippen molar-refractivity contribution in [1.29, 1.82) is 0 Å². The Bertz CT molecular complexity index is 645. The lowest BCUT2D eigenvalue weighted by Crippen LogP contribution is -2.30. The number of hydrogen-bond donors (Lipinski definition) is 1. The first-order chi connectivity index (χ1) is 11.4. The molecule has 1 aromatic heterocycles. The fourth-order valence-corrected chi connectivity index (χ4v) is 2.31. The van der Waals surface area contributed by atoms with E-state index in [1.807, 2.05) is 26.0 Å². The maximum absolute atomic E-state index is 5.91. The summed E-state index contributed by atoms with van der Waals surface area (Å²) in [6.07, 6.45) is 0. The molecule has 0 aliphatic carbocycles. The average Bonchev–Trinajstić information content (AvgIpc) is 2.89. The van der Waals surface area contributed by atoms with E-state index in [4.69, 9.17) is 14.0 Å². The van der Waals surface area contributed by atoms with Crippen LogP contribution in [-0.2, 0) is 13.2 Å². The summed E-state index contributed by atoms with van der Waals surface area (Å²) in [5, 5.41) is 7.47. The van der Waals surface area contributed by atoms with Crippen molar-refractivity contribution in [1.82, 2.24) is 10.5 Å². The van der Waals surface area contributed by atoms with Gasteiger partial charge in [0.1, 0.15) is 12.4 Å². The Labute approximate surface area is 144 Å². The highest BCUT2D eigenvalue weighted by Gasteiger charge is 2.12. The standard InChI is InChI=1S/C19H28N2O3/c1-12(2)13(3)20-10-16-7-8-18(19(9-16)22-6)23-11-17-14(4)21-24-15(17)5/h7-9,12-13,20H,10-11H2,1-6H3. The van der Waals surface area contributed by atoms with Crippen LogP contribution in [0.3, 0.4) is 0 Å². The molecule has 2 aromatic rings. The first kappa shape index (κ1) is 18.3. The van der Waals surface area contributed by atoms with E-state index in [2.05, 4.69) is 37.3 Å². The Morgan fingerprint density at radius 1 is 1.17 bits per heavy atom. The summed E-state index contributed by atoms with van der Waals surface area (Å²) < 4.78 is 16.5. The number of methoxy groups -OCH3 is 1. The van der Waals surface area contributed by atoms with Gasteiger partial charge in [-0.2, -0.15) is 0 Å². The third-order valence-electron chi connectivity index (χ3n) is 4.41. The predicted molar refractivity (Wildman–Crippen MR) is 94.4 cm³/mol. The molecule has 1 N–H and O–H groups in total. The van der Waals surface area contributed by atoms with E-state index in [0.29, 0.717) is 18.6 Å². The highest BCUT2D eigenvalue weighted by Crippen LogP contribution is 2.29. The van der Waals surface area contributed by atoms with Gasteiger partial charge in [-0.15, -0.1) is 0 Å². The summed E-state index contributed by atoms with van der Waals surface area (Å²) in [4.78, 5) is 0. The number of aromatic nitrogens is 1. The van der Waals surface area contributed by atoms with Crippen LogP contribution in [0.5, 0.6) is 11.5 Å². The number of benzene rings is 1. The minimum Gasteiger partial charge on any atom is -0.493 e. The summed E-state index contributed by atoms with van der Waals surface area (Å²) in [7, 11) is 1.66. The number of rotatable bonds is 8. The first-order valence-electron chi connectivity index (χ1n) is 8.37. The van der Waals surface area contributed by atoms with Crippen LogP contribution in [0.1, 0.15) is 43.4 Å². The van der Waals surface area contributed by atoms with E-state index in [-0.39, 0.29) is 0 Å². The number of nitrogens with one attached hydrogen (secondary N) is 1. The smallest absolute Gasteiger partial charge is 0.161 e. The molecule has 0 radical (unpaired) electrons. The van der Waals surface area contributed by atoms with Gasteiger partial charge in [0.15, 0.2) is 11.5 Å². The largest absolute Gasteiger partial charge is 0.493 e. The molecule has 0 fully saturated rings. The SMILES string of the molecule is COc1cc(CNC(C)C(C)C)ccc1OCc1c(C)noc1C. The van der Waals surface area contributed by atoms with E-state index in [1.165, 1.54) is 5.56 Å². The van der Waals surface area contributed by atoms with Gasteiger partial charge in [-0.25, -0.2) is 0 Å². The molecule has 0 aliphatic heterocycles. The van der Waals surface area contributed by atoms with E-state index < -0.39 is 0 Å². The van der Waals surface area contributed by atoms with Gasteiger partial charge in [-0.3, -0.25) is 0 Å². The van der Waals surface area contributed by atoms with E-state index in [0.717, 1.165) is 35.1 Å². The zero-order valence-electron chi connectivity index (χ0n) is 15.5. The summed E-state index contributed by atoms with van der Waals surface area (Å²) in [5.41, 5.74) is 3.01. The minimum atomic E-state index is 0.416. The lowest BCUT2D eigenvalue weighted by molar-refractivity contribution is 0.281. The Hall–Kier alpha value is -2.01. The number of nitrogens with zero attached hydrogens (tertiary/aromatic N) is 1. The molecule has 2 rings (SSSR count). The van der Waals surface area contributed by atoms with Crippen LogP contribution < -0.4 is 14.8 Å². The van der Waals surface area contributed by atoms with Crippen LogP contribution in [0.4, 0.5) is 0 Å². The van der Waals surface area contributed by atoms with Gasteiger partial charge in [0.05, 0.1) is 18.4 Å². The fraction of sp³-hybridized carbons (Fsp3) is 0.526. The average molecular weight is 332 g/mol. The predicted octanol–water partition coefficient (Wildman–Crippen LogP) is 4.01. The quantitative estimate of drug-likeness (QED) is 0.791. The molecule has 5 nitrogen and oxygen atoms in total. The first-order valence-corrected chi connectivity index (χ1v) is 8.37. The highest BCUT2D eigenvalue weighted by atomic mass is 16.5. The van der Waals surface area contributed by atoms with Gasteiger partial charge < -0.3 is 19.3 Å². The summed E-state index contributed by atoms with van der Waals surface area (Å²) >= 11 is 0. The minimum absolute atomic E-state index is 0.416. The molecular weight excluding hydrogens is 304 g/mol. The molecule has 1 unspecified atom stereocenters. The molecule has 0 bridgehead atoms. The fourth-order valence-electron chi connectivity index (χ4n) is 2.31. The molecule has 132 valence electrons. The normalized spacial score (nSPS) is 12.5. The molecule has 0 saturated carbocycles. The van der Waals surface area contributed by atoms with Crippen molar-refractivity contribution in [3.8, 4) is 11.5 Å². The molecular formula is C19H28N2O3. The maximum atomic E-state index is 5.91. The molecule has 0 saturated heterocycles. The maximum Gasteiger partial charge on any atom is 0.161 e. The lowest BCUT2D eigenvalue weighted by atomic mass is 10.1. The lowest BCUT2D eigenvalue weighted by Gasteiger charge is -2.18. The van der Waals surface area contributed by atoms with Crippen LogP contribution in [0.25, 0.3) is 0 Å². The van der Waals surface area contributed by atoms with Crippen molar-refractivity contribution in [3.63, 3.8) is 0 Å². The molecule has 5 heteroatoms. The van der Waals surface area contributed by atoms with Crippen LogP contribution in [-0.4, -0.2) is 18.3 Å². The molecule has 1 heterocycles. The molecule has 0 amide bonds. The van der Waals surface area contributed by atoms with Gasteiger partial charge in [-0.1, -0.05) is 25.1 Å². The topological polar surface area (TPSA) is 56.5 Å². The summed E-state index contributed by atoms with van der Waals surface area (Å²) in [6, 6.07) is 6.49. The van der Waals surface area contributed by atoms with Crippen molar-refractivity contribution in [2.75, 3.05) is 7.11 Å². The number of ether oxygens (including phenoxy) is 2. The Morgan fingerprint density at radius 3 is 2.50 bits per heavy atom. The highest BCUT2D eigenvalue weighted by molar-refractivity contribution is 5.43. The molecule has 1 aromatic carbocycles. The molecule has 1 atom stereocenters. The molecule has 24 heavy (non-hydrogen) atoms. The number of hydrogen-bond acceptors (Lipinski definition) is 5. The van der Waals surface area contributed by atoms with E-state index in [1.54, 1.807) is 7.11 Å². The van der Waals surface area contributed by atoms with E-state index in [9.17, 15) is 0 Å². The second kappa shape index (κ2) is 8.20. The monoisotopic (exact) mass is 332 g/mol. The molecule has 0 spiro atoms. The Morgan fingerprint density at radius 2 is 1.92 bits per heavy atom. The van der Waals surface area contributed by atoms with Gasteiger partial charge in [0.25, 0.3) is 0 Å². The summed E-state index contributed by atoms with van der Waals surface area (Å²) in [6.45, 7) is 11.6. The van der Waals surface area contributed by atoms with E-state index >= 15 is 0 Å². The second-order valence-electron chi connectivity index (χ2n) is 6.49. The van der Waals surface area contributed by atoms with Crippen molar-refractivity contribution < 1.29 is 14.0 Å². The van der Waals surface area contributed by atoms with Crippen molar-refractivity contribution in [3.05, 3.63) is 40.8 Å². The third-order valence-corrected chi connectivity index (χ3v) is 4.41. The van der Waals surface area contributed by atoms with Crippen LogP contribution in [0.2, 0.25) is 0 Å². The van der Waals surface area contributed by atoms with Crippen molar-refractivity contribution in [2.24, 2.45) is 5.92 Å². The van der Waals surface area contributed by atoms with Crippen LogP contribution >= 0.6 is 0 Å². The zero-order valence-corrected chi connectivity index (χ0v) is 15.5.